The van der Waals surface area contributed by atoms with Crippen molar-refractivity contribution in [1.82, 2.24) is 4.98 Å². The lowest BCUT2D eigenvalue weighted by atomic mass is 9.99. The number of halogens is 1. The Hall–Kier alpha value is -2.22. The fraction of sp³-hybridized carbons (Fsp3) is 0.125. The molecule has 9 heteroatoms. The summed E-state index contributed by atoms with van der Waals surface area (Å²) >= 11 is 5.56. The molecular weight excluding hydrogens is 256 g/mol. The molecule has 17 heavy (non-hydrogen) atoms. The molecular formula is C8H5ClN2O6. The lowest BCUT2D eigenvalue weighted by Crippen LogP contribution is -2.22. The monoisotopic (exact) mass is 260 g/mol. The standard InChI is InChI=1S/C8H5ClN2O6/c9-3-1-10-2-4(11(16)17)5(3)6(7(12)13)8(14)15/h1-2,6H,(H,12,13)(H,14,15). The molecule has 1 aromatic rings. The van der Waals surface area contributed by atoms with Crippen molar-refractivity contribution in [2.45, 2.75) is 5.92 Å². The SMILES string of the molecule is O=C(O)C(C(=O)O)c1c(Cl)cncc1[N+](=O)[O-]. The van der Waals surface area contributed by atoms with E-state index in [0.29, 0.717) is 0 Å². The third-order valence-electron chi connectivity index (χ3n) is 1.90. The van der Waals surface area contributed by atoms with Gasteiger partial charge in [0.05, 0.1) is 15.5 Å². The molecule has 0 fully saturated rings. The van der Waals surface area contributed by atoms with Gasteiger partial charge in [-0.15, -0.1) is 0 Å². The van der Waals surface area contributed by atoms with Crippen LogP contribution in [-0.4, -0.2) is 32.1 Å². The Balaban J connectivity index is 3.51. The summed E-state index contributed by atoms with van der Waals surface area (Å²) < 4.78 is 0. The number of pyridine rings is 1. The predicted molar refractivity (Wildman–Crippen MR) is 53.9 cm³/mol. The maximum Gasteiger partial charge on any atom is 0.322 e. The fourth-order valence-corrected chi connectivity index (χ4v) is 1.48. The first-order chi connectivity index (χ1) is 7.86. The summed E-state index contributed by atoms with van der Waals surface area (Å²) in [5.74, 6) is -5.59. The number of hydrogen-bond acceptors (Lipinski definition) is 5. The summed E-state index contributed by atoms with van der Waals surface area (Å²) in [5.41, 5.74) is -1.33. The Morgan fingerprint density at radius 3 is 2.29 bits per heavy atom. The van der Waals surface area contributed by atoms with Gasteiger partial charge in [0, 0.05) is 6.20 Å². The smallest absolute Gasteiger partial charge is 0.322 e. The van der Waals surface area contributed by atoms with E-state index in [1.165, 1.54) is 0 Å². The maximum atomic E-state index is 10.8. The Morgan fingerprint density at radius 1 is 1.35 bits per heavy atom. The number of carboxylic acids is 2. The first kappa shape index (κ1) is 12.8. The van der Waals surface area contributed by atoms with E-state index in [9.17, 15) is 19.7 Å². The van der Waals surface area contributed by atoms with Crippen LogP contribution in [0.4, 0.5) is 5.69 Å². The van der Waals surface area contributed by atoms with E-state index in [0.717, 1.165) is 12.4 Å². The molecule has 8 nitrogen and oxygen atoms in total. The van der Waals surface area contributed by atoms with Crippen molar-refractivity contribution in [1.29, 1.82) is 0 Å². The largest absolute Gasteiger partial charge is 0.480 e. The van der Waals surface area contributed by atoms with Gasteiger partial charge in [-0.3, -0.25) is 24.7 Å². The average Bonchev–Trinajstić information content (AvgIpc) is 2.19. The highest BCUT2D eigenvalue weighted by atomic mass is 35.5. The molecule has 0 aromatic carbocycles. The number of aliphatic carboxylic acids is 2. The van der Waals surface area contributed by atoms with E-state index >= 15 is 0 Å². The van der Waals surface area contributed by atoms with E-state index in [1.54, 1.807) is 0 Å². The van der Waals surface area contributed by atoms with Crippen molar-refractivity contribution in [3.63, 3.8) is 0 Å². The van der Waals surface area contributed by atoms with Gasteiger partial charge in [-0.2, -0.15) is 0 Å². The summed E-state index contributed by atoms with van der Waals surface area (Å²) in [6.45, 7) is 0. The molecule has 0 radical (unpaired) electrons. The van der Waals surface area contributed by atoms with Gasteiger partial charge in [0.1, 0.15) is 6.20 Å². The highest BCUT2D eigenvalue weighted by Gasteiger charge is 2.36. The van der Waals surface area contributed by atoms with Crippen LogP contribution in [0.5, 0.6) is 0 Å². The van der Waals surface area contributed by atoms with Crippen LogP contribution in [0.15, 0.2) is 12.4 Å². The zero-order valence-electron chi connectivity index (χ0n) is 8.03. The normalized spacial score (nSPS) is 10.2. The zero-order valence-corrected chi connectivity index (χ0v) is 8.79. The van der Waals surface area contributed by atoms with Crippen molar-refractivity contribution >= 4 is 29.2 Å². The molecule has 1 aromatic heterocycles. The van der Waals surface area contributed by atoms with E-state index in [-0.39, 0.29) is 5.02 Å². The molecule has 0 spiro atoms. The van der Waals surface area contributed by atoms with Crippen LogP contribution < -0.4 is 0 Å². The Bertz CT molecular complexity index is 489. The summed E-state index contributed by atoms with van der Waals surface area (Å²) in [4.78, 5) is 34.7. The average molecular weight is 261 g/mol. The Labute approximate surface area is 98.6 Å². The molecule has 2 N–H and O–H groups in total. The topological polar surface area (TPSA) is 131 Å². The van der Waals surface area contributed by atoms with Gasteiger partial charge in [-0.05, 0) is 0 Å². The molecule has 0 aliphatic heterocycles. The molecule has 0 amide bonds. The van der Waals surface area contributed by atoms with Gasteiger partial charge in [0.15, 0.2) is 5.92 Å². The molecule has 1 heterocycles. The summed E-state index contributed by atoms with van der Waals surface area (Å²) in [6.07, 6.45) is 1.70. The van der Waals surface area contributed by atoms with Crippen molar-refractivity contribution in [2.24, 2.45) is 0 Å². The fourth-order valence-electron chi connectivity index (χ4n) is 1.22. The molecule has 0 aliphatic rings. The first-order valence-corrected chi connectivity index (χ1v) is 4.47. The third kappa shape index (κ3) is 2.48. The van der Waals surface area contributed by atoms with Crippen LogP contribution >= 0.6 is 11.6 Å². The van der Waals surface area contributed by atoms with Gasteiger partial charge < -0.3 is 10.2 Å². The zero-order chi connectivity index (χ0) is 13.2. The lowest BCUT2D eigenvalue weighted by Gasteiger charge is -2.09. The quantitative estimate of drug-likeness (QED) is 0.467. The molecule has 0 atom stereocenters. The minimum absolute atomic E-state index is 0.381. The summed E-state index contributed by atoms with van der Waals surface area (Å²) in [7, 11) is 0. The van der Waals surface area contributed by atoms with Crippen LogP contribution in [-0.2, 0) is 9.59 Å². The Morgan fingerprint density at radius 2 is 1.88 bits per heavy atom. The van der Waals surface area contributed by atoms with Gasteiger partial charge in [0.25, 0.3) is 5.69 Å². The molecule has 90 valence electrons. The number of aromatic nitrogens is 1. The van der Waals surface area contributed by atoms with Crippen molar-refractivity contribution in [3.05, 3.63) is 33.1 Å². The summed E-state index contributed by atoms with van der Waals surface area (Å²) in [6, 6.07) is 0. The maximum absolute atomic E-state index is 10.8. The summed E-state index contributed by atoms with van der Waals surface area (Å²) in [5, 5.41) is 27.8. The molecule has 0 aliphatic carbocycles. The predicted octanol–water partition coefficient (Wildman–Crippen LogP) is 0.896. The molecule has 0 saturated heterocycles. The van der Waals surface area contributed by atoms with E-state index in [1.807, 2.05) is 0 Å². The minimum Gasteiger partial charge on any atom is -0.480 e. The third-order valence-corrected chi connectivity index (χ3v) is 2.20. The van der Waals surface area contributed by atoms with Gasteiger partial charge in [-0.1, -0.05) is 11.6 Å². The van der Waals surface area contributed by atoms with E-state index < -0.39 is 34.0 Å². The van der Waals surface area contributed by atoms with Crippen molar-refractivity contribution in [2.75, 3.05) is 0 Å². The second kappa shape index (κ2) is 4.74. The van der Waals surface area contributed by atoms with Crippen LogP contribution in [0.25, 0.3) is 0 Å². The number of nitrogens with zero attached hydrogens (tertiary/aromatic N) is 2. The number of rotatable bonds is 4. The highest BCUT2D eigenvalue weighted by molar-refractivity contribution is 6.32. The number of nitro groups is 1. The minimum atomic E-state index is -2.11. The highest BCUT2D eigenvalue weighted by Crippen LogP contribution is 2.32. The second-order valence-corrected chi connectivity index (χ2v) is 3.33. The number of carboxylic acid groups (broad SMARTS) is 2. The number of hydrogen-bond donors (Lipinski definition) is 2. The van der Waals surface area contributed by atoms with Gasteiger partial charge in [-0.25, -0.2) is 0 Å². The van der Waals surface area contributed by atoms with Crippen LogP contribution in [0.2, 0.25) is 5.02 Å². The van der Waals surface area contributed by atoms with E-state index in [2.05, 4.69) is 4.98 Å². The molecule has 0 saturated carbocycles. The molecule has 1 rings (SSSR count). The first-order valence-electron chi connectivity index (χ1n) is 4.09. The lowest BCUT2D eigenvalue weighted by molar-refractivity contribution is -0.386. The van der Waals surface area contributed by atoms with Crippen LogP contribution in [0.1, 0.15) is 11.5 Å². The van der Waals surface area contributed by atoms with E-state index in [4.69, 9.17) is 21.8 Å². The molecule has 0 unspecified atom stereocenters. The van der Waals surface area contributed by atoms with Crippen LogP contribution in [0, 0.1) is 10.1 Å². The number of carbonyl (C=O) groups is 2. The van der Waals surface area contributed by atoms with Gasteiger partial charge >= 0.3 is 11.9 Å². The van der Waals surface area contributed by atoms with Crippen LogP contribution in [0.3, 0.4) is 0 Å². The van der Waals surface area contributed by atoms with Crippen molar-refractivity contribution in [3.8, 4) is 0 Å². The second-order valence-electron chi connectivity index (χ2n) is 2.92. The van der Waals surface area contributed by atoms with Crippen molar-refractivity contribution < 1.29 is 24.7 Å². The molecule has 0 bridgehead atoms. The Kier molecular flexibility index (Phi) is 3.59. The van der Waals surface area contributed by atoms with Gasteiger partial charge in [0.2, 0.25) is 0 Å².